The zero-order valence-corrected chi connectivity index (χ0v) is 11.9. The summed E-state index contributed by atoms with van der Waals surface area (Å²) in [6.07, 6.45) is 2.22. The van der Waals surface area contributed by atoms with Crippen molar-refractivity contribution in [2.45, 2.75) is 19.4 Å². The van der Waals surface area contributed by atoms with Crippen LogP contribution >= 0.6 is 0 Å². The molecule has 110 valence electrons. The Morgan fingerprint density at radius 1 is 1.53 bits per heavy atom. The SMILES string of the molecule is CS(=O)CCCNC(=O)NC1COCC1(C)C(=O)O. The topological polar surface area (TPSA) is 105 Å². The highest BCUT2D eigenvalue weighted by atomic mass is 32.2. The van der Waals surface area contributed by atoms with E-state index in [0.717, 1.165) is 0 Å². The minimum atomic E-state index is -1.09. The molecule has 19 heavy (non-hydrogen) atoms. The van der Waals surface area contributed by atoms with E-state index in [1.165, 1.54) is 0 Å². The standard InChI is InChI=1S/C11H20N2O5S/c1-11(9(14)15)7-18-6-8(11)13-10(16)12-4-3-5-19(2)17/h8H,3-7H2,1-2H3,(H,14,15)(H2,12,13,16). The monoisotopic (exact) mass is 292 g/mol. The molecule has 3 atom stereocenters. The Morgan fingerprint density at radius 2 is 2.21 bits per heavy atom. The summed E-state index contributed by atoms with van der Waals surface area (Å²) in [7, 11) is -0.872. The highest BCUT2D eigenvalue weighted by molar-refractivity contribution is 7.84. The van der Waals surface area contributed by atoms with Crippen LogP contribution in [0.25, 0.3) is 0 Å². The molecule has 1 saturated heterocycles. The molecular formula is C11H20N2O5S. The summed E-state index contributed by atoms with van der Waals surface area (Å²) in [4.78, 5) is 22.8. The molecule has 0 radical (unpaired) electrons. The third kappa shape index (κ3) is 4.46. The summed E-state index contributed by atoms with van der Waals surface area (Å²) >= 11 is 0. The van der Waals surface area contributed by atoms with Crippen molar-refractivity contribution < 1.29 is 23.6 Å². The third-order valence-corrected chi connectivity index (χ3v) is 4.01. The molecule has 0 aromatic heterocycles. The molecule has 1 heterocycles. The number of urea groups is 1. The van der Waals surface area contributed by atoms with E-state index >= 15 is 0 Å². The van der Waals surface area contributed by atoms with Crippen LogP contribution in [0.4, 0.5) is 4.79 Å². The van der Waals surface area contributed by atoms with Crippen molar-refractivity contribution in [3.63, 3.8) is 0 Å². The number of carbonyl (C=O) groups is 2. The Balaban J connectivity index is 2.36. The molecular weight excluding hydrogens is 272 g/mol. The fourth-order valence-electron chi connectivity index (χ4n) is 1.77. The van der Waals surface area contributed by atoms with Gasteiger partial charge in [-0.25, -0.2) is 4.79 Å². The van der Waals surface area contributed by atoms with Crippen molar-refractivity contribution in [2.75, 3.05) is 31.8 Å². The fourth-order valence-corrected chi connectivity index (χ4v) is 2.32. The van der Waals surface area contributed by atoms with Crippen molar-refractivity contribution >= 4 is 22.8 Å². The minimum absolute atomic E-state index is 0.0854. The lowest BCUT2D eigenvalue weighted by Crippen LogP contribution is -2.52. The fraction of sp³-hybridized carbons (Fsp3) is 0.818. The second-order valence-corrected chi connectivity index (χ2v) is 6.38. The first kappa shape index (κ1) is 15.9. The quantitative estimate of drug-likeness (QED) is 0.575. The lowest BCUT2D eigenvalue weighted by molar-refractivity contribution is -0.148. The van der Waals surface area contributed by atoms with Crippen LogP contribution in [0.3, 0.4) is 0 Å². The smallest absolute Gasteiger partial charge is 0.315 e. The predicted octanol–water partition coefficient (Wildman–Crippen LogP) is -0.456. The Morgan fingerprint density at radius 3 is 2.79 bits per heavy atom. The Kier molecular flexibility index (Phi) is 5.74. The van der Waals surface area contributed by atoms with Crippen LogP contribution in [0.1, 0.15) is 13.3 Å². The van der Waals surface area contributed by atoms with Gasteiger partial charge in [-0.3, -0.25) is 9.00 Å². The van der Waals surface area contributed by atoms with Gasteiger partial charge in [0.15, 0.2) is 0 Å². The lowest BCUT2D eigenvalue weighted by Gasteiger charge is -2.25. The van der Waals surface area contributed by atoms with Gasteiger partial charge in [0.25, 0.3) is 0 Å². The summed E-state index contributed by atoms with van der Waals surface area (Å²) in [5.41, 5.74) is -1.09. The maximum atomic E-state index is 11.6. The van der Waals surface area contributed by atoms with Gasteiger partial charge >= 0.3 is 12.0 Å². The van der Waals surface area contributed by atoms with E-state index in [1.807, 2.05) is 0 Å². The molecule has 8 heteroatoms. The van der Waals surface area contributed by atoms with Gasteiger partial charge in [0.1, 0.15) is 5.41 Å². The van der Waals surface area contributed by atoms with Crippen molar-refractivity contribution in [3.8, 4) is 0 Å². The van der Waals surface area contributed by atoms with Crippen molar-refractivity contribution in [1.82, 2.24) is 10.6 Å². The van der Waals surface area contributed by atoms with E-state index < -0.39 is 34.3 Å². The highest BCUT2D eigenvalue weighted by Gasteiger charge is 2.47. The summed E-state index contributed by atoms with van der Waals surface area (Å²) in [5, 5.41) is 14.4. The van der Waals surface area contributed by atoms with Gasteiger partial charge in [0.2, 0.25) is 0 Å². The predicted molar refractivity (Wildman–Crippen MR) is 70.4 cm³/mol. The van der Waals surface area contributed by atoms with E-state index in [-0.39, 0.29) is 13.2 Å². The number of ether oxygens (including phenoxy) is 1. The molecule has 0 saturated carbocycles. The van der Waals surface area contributed by atoms with Gasteiger partial charge in [-0.2, -0.15) is 0 Å². The number of carboxylic acids is 1. The number of nitrogens with one attached hydrogen (secondary N) is 2. The Labute approximate surface area is 114 Å². The molecule has 0 spiro atoms. The maximum absolute atomic E-state index is 11.6. The summed E-state index contributed by atoms with van der Waals surface area (Å²) in [6.45, 7) is 2.23. The van der Waals surface area contributed by atoms with Crippen molar-refractivity contribution in [1.29, 1.82) is 0 Å². The number of aliphatic carboxylic acids is 1. The van der Waals surface area contributed by atoms with Crippen LogP contribution < -0.4 is 10.6 Å². The Hall–Kier alpha value is -1.15. The molecule has 1 fully saturated rings. The lowest BCUT2D eigenvalue weighted by atomic mass is 9.85. The average molecular weight is 292 g/mol. The normalized spacial score (nSPS) is 27.8. The van der Waals surface area contributed by atoms with Gasteiger partial charge in [-0.1, -0.05) is 0 Å². The third-order valence-electron chi connectivity index (χ3n) is 3.14. The molecule has 1 rings (SSSR count). The van der Waals surface area contributed by atoms with Gasteiger partial charge in [-0.15, -0.1) is 0 Å². The van der Waals surface area contributed by atoms with E-state index in [1.54, 1.807) is 13.2 Å². The first-order valence-electron chi connectivity index (χ1n) is 6.02. The van der Waals surface area contributed by atoms with Gasteiger partial charge < -0.3 is 20.5 Å². The Bertz CT molecular complexity index is 376. The van der Waals surface area contributed by atoms with Crippen LogP contribution in [-0.2, 0) is 20.3 Å². The molecule has 1 aliphatic rings. The van der Waals surface area contributed by atoms with Gasteiger partial charge in [-0.05, 0) is 13.3 Å². The van der Waals surface area contributed by atoms with E-state index in [2.05, 4.69) is 10.6 Å². The molecule has 3 N–H and O–H groups in total. The number of rotatable bonds is 6. The van der Waals surface area contributed by atoms with Gasteiger partial charge in [0.05, 0.1) is 19.3 Å². The van der Waals surface area contributed by atoms with Crippen molar-refractivity contribution in [3.05, 3.63) is 0 Å². The summed E-state index contributed by atoms with van der Waals surface area (Å²) in [6, 6.07) is -0.977. The first-order chi connectivity index (χ1) is 8.86. The second kappa shape index (κ2) is 6.85. The summed E-state index contributed by atoms with van der Waals surface area (Å²) < 4.78 is 16.0. The maximum Gasteiger partial charge on any atom is 0.315 e. The largest absolute Gasteiger partial charge is 0.481 e. The zero-order chi connectivity index (χ0) is 14.5. The highest BCUT2D eigenvalue weighted by Crippen LogP contribution is 2.28. The first-order valence-corrected chi connectivity index (χ1v) is 7.74. The van der Waals surface area contributed by atoms with E-state index in [4.69, 9.17) is 9.84 Å². The van der Waals surface area contributed by atoms with Gasteiger partial charge in [0, 0.05) is 29.4 Å². The van der Waals surface area contributed by atoms with Crippen LogP contribution in [0.15, 0.2) is 0 Å². The van der Waals surface area contributed by atoms with Crippen LogP contribution in [0.5, 0.6) is 0 Å². The van der Waals surface area contributed by atoms with E-state index in [9.17, 15) is 13.8 Å². The average Bonchev–Trinajstić information content (AvgIpc) is 2.68. The molecule has 0 aliphatic carbocycles. The molecule has 0 bridgehead atoms. The number of hydrogen-bond acceptors (Lipinski definition) is 4. The molecule has 3 unspecified atom stereocenters. The number of amides is 2. The number of carboxylic acid groups (broad SMARTS) is 1. The molecule has 1 aliphatic heterocycles. The molecule has 2 amide bonds. The number of carbonyl (C=O) groups excluding carboxylic acids is 1. The minimum Gasteiger partial charge on any atom is -0.481 e. The van der Waals surface area contributed by atoms with Crippen LogP contribution in [-0.4, -0.2) is 59.1 Å². The molecule has 7 nitrogen and oxygen atoms in total. The van der Waals surface area contributed by atoms with Crippen LogP contribution in [0.2, 0.25) is 0 Å². The zero-order valence-electron chi connectivity index (χ0n) is 11.1. The second-order valence-electron chi connectivity index (χ2n) is 4.82. The molecule has 0 aromatic rings. The number of hydrogen-bond donors (Lipinski definition) is 3. The van der Waals surface area contributed by atoms with E-state index in [0.29, 0.717) is 18.7 Å². The molecule has 0 aromatic carbocycles. The van der Waals surface area contributed by atoms with Crippen molar-refractivity contribution in [2.24, 2.45) is 5.41 Å². The summed E-state index contributed by atoms with van der Waals surface area (Å²) in [5.74, 6) is -0.462. The van der Waals surface area contributed by atoms with Crippen LogP contribution in [0, 0.1) is 5.41 Å².